The third-order valence-corrected chi connectivity index (χ3v) is 4.76. The number of hydrogen-bond acceptors (Lipinski definition) is 4. The number of allylic oxidation sites excluding steroid dienone is 2. The van der Waals surface area contributed by atoms with Crippen molar-refractivity contribution in [3.8, 4) is 17.0 Å². The van der Waals surface area contributed by atoms with Gasteiger partial charge in [0, 0.05) is 5.56 Å². The summed E-state index contributed by atoms with van der Waals surface area (Å²) in [4.78, 5) is 12.1. The highest BCUT2D eigenvalue weighted by molar-refractivity contribution is 5.92. The topological polar surface area (TPSA) is 73.8 Å². The Bertz CT molecular complexity index is 973. The minimum atomic E-state index is -0.137. The van der Waals surface area contributed by atoms with Gasteiger partial charge in [-0.1, -0.05) is 43.4 Å². The second-order valence-corrected chi connectivity index (χ2v) is 6.31. The lowest BCUT2D eigenvalue weighted by molar-refractivity contribution is 0.477. The van der Waals surface area contributed by atoms with E-state index in [1.54, 1.807) is 12.4 Å². The van der Waals surface area contributed by atoms with Gasteiger partial charge in [-0.2, -0.15) is 0 Å². The monoisotopic (exact) mass is 332 g/mol. The molecule has 0 radical (unpaired) electrons. The van der Waals surface area contributed by atoms with Crippen LogP contribution >= 0.6 is 0 Å². The summed E-state index contributed by atoms with van der Waals surface area (Å²) in [5.74, 6) is 1.03. The van der Waals surface area contributed by atoms with Crippen LogP contribution in [0.2, 0.25) is 0 Å². The summed E-state index contributed by atoms with van der Waals surface area (Å²) in [5.41, 5.74) is 2.18. The summed E-state index contributed by atoms with van der Waals surface area (Å²) in [7, 11) is 0. The number of fused-ring (bicyclic) bond motifs is 1. The van der Waals surface area contributed by atoms with E-state index >= 15 is 0 Å². The van der Waals surface area contributed by atoms with Crippen molar-refractivity contribution < 1.29 is 5.11 Å². The molecule has 5 heteroatoms. The molecular weight excluding hydrogens is 312 g/mol. The third kappa shape index (κ3) is 2.78. The van der Waals surface area contributed by atoms with E-state index in [2.05, 4.69) is 51.5 Å². The highest BCUT2D eigenvalue weighted by Gasteiger charge is 2.26. The molecule has 5 nitrogen and oxygen atoms in total. The van der Waals surface area contributed by atoms with Crippen molar-refractivity contribution in [3.63, 3.8) is 0 Å². The van der Waals surface area contributed by atoms with Gasteiger partial charge in [-0.25, -0.2) is 9.97 Å². The smallest absolute Gasteiger partial charge is 0.143 e. The SMILES string of the molecule is CC[C@]1(Nc2ncnc3[nH]c(-c4ccccc4O)cc23)C=CC=CC1. The van der Waals surface area contributed by atoms with Crippen LogP contribution < -0.4 is 5.32 Å². The second-order valence-electron chi connectivity index (χ2n) is 6.31. The summed E-state index contributed by atoms with van der Waals surface area (Å²) in [6.45, 7) is 2.17. The fourth-order valence-corrected chi connectivity index (χ4v) is 3.23. The van der Waals surface area contributed by atoms with Crippen molar-refractivity contribution in [1.29, 1.82) is 0 Å². The van der Waals surface area contributed by atoms with Gasteiger partial charge in [0.2, 0.25) is 0 Å². The van der Waals surface area contributed by atoms with Crippen molar-refractivity contribution in [2.24, 2.45) is 0 Å². The number of H-pyrrole nitrogens is 1. The molecule has 0 bridgehead atoms. The Balaban J connectivity index is 1.77. The molecule has 2 aromatic heterocycles. The molecule has 0 saturated carbocycles. The van der Waals surface area contributed by atoms with E-state index in [9.17, 15) is 5.11 Å². The first-order valence-corrected chi connectivity index (χ1v) is 8.45. The number of anilines is 1. The fourth-order valence-electron chi connectivity index (χ4n) is 3.23. The van der Waals surface area contributed by atoms with E-state index in [4.69, 9.17) is 0 Å². The maximum absolute atomic E-state index is 10.1. The molecule has 0 amide bonds. The van der Waals surface area contributed by atoms with Crippen LogP contribution in [0.3, 0.4) is 0 Å². The van der Waals surface area contributed by atoms with Gasteiger partial charge in [-0.05, 0) is 31.0 Å². The molecule has 0 spiro atoms. The van der Waals surface area contributed by atoms with Crippen LogP contribution in [0.4, 0.5) is 5.82 Å². The molecule has 2 heterocycles. The molecule has 0 aliphatic heterocycles. The second kappa shape index (κ2) is 6.09. The van der Waals surface area contributed by atoms with Crippen LogP contribution in [0.25, 0.3) is 22.3 Å². The number of para-hydroxylation sites is 1. The highest BCUT2D eigenvalue weighted by Crippen LogP contribution is 2.34. The molecule has 3 aromatic rings. The van der Waals surface area contributed by atoms with Gasteiger partial charge >= 0.3 is 0 Å². The Labute approximate surface area is 146 Å². The van der Waals surface area contributed by atoms with E-state index in [-0.39, 0.29) is 11.3 Å². The molecule has 126 valence electrons. The Morgan fingerprint density at radius 2 is 2.12 bits per heavy atom. The molecule has 3 N–H and O–H groups in total. The Hall–Kier alpha value is -3.08. The van der Waals surface area contributed by atoms with Crippen molar-refractivity contribution in [3.05, 3.63) is 61.0 Å². The van der Waals surface area contributed by atoms with Crippen molar-refractivity contribution in [2.75, 3.05) is 5.32 Å². The predicted molar refractivity (Wildman–Crippen MR) is 101 cm³/mol. The van der Waals surface area contributed by atoms with Crippen LogP contribution in [-0.4, -0.2) is 25.6 Å². The summed E-state index contributed by atoms with van der Waals surface area (Å²) < 4.78 is 0. The van der Waals surface area contributed by atoms with Gasteiger partial charge in [0.05, 0.1) is 16.6 Å². The molecule has 1 aliphatic rings. The van der Waals surface area contributed by atoms with E-state index in [1.807, 2.05) is 24.3 Å². The van der Waals surface area contributed by atoms with Crippen LogP contribution in [-0.2, 0) is 0 Å². The molecule has 0 fully saturated rings. The van der Waals surface area contributed by atoms with Crippen LogP contribution in [0.1, 0.15) is 19.8 Å². The van der Waals surface area contributed by atoms with Crippen molar-refractivity contribution >= 4 is 16.9 Å². The highest BCUT2D eigenvalue weighted by atomic mass is 16.3. The maximum atomic E-state index is 10.1. The summed E-state index contributed by atoms with van der Waals surface area (Å²) >= 11 is 0. The molecule has 1 aliphatic carbocycles. The number of nitrogens with one attached hydrogen (secondary N) is 2. The Morgan fingerprint density at radius 1 is 1.24 bits per heavy atom. The number of phenolic OH excluding ortho intramolecular Hbond substituents is 1. The largest absolute Gasteiger partial charge is 0.507 e. The number of nitrogens with zero attached hydrogens (tertiary/aromatic N) is 2. The van der Waals surface area contributed by atoms with Gasteiger partial charge in [0.1, 0.15) is 23.5 Å². The van der Waals surface area contributed by atoms with E-state index in [0.717, 1.165) is 41.0 Å². The van der Waals surface area contributed by atoms with Crippen LogP contribution in [0.15, 0.2) is 61.0 Å². The Morgan fingerprint density at radius 3 is 2.88 bits per heavy atom. The summed E-state index contributed by atoms with van der Waals surface area (Å²) in [6.07, 6.45) is 11.9. The van der Waals surface area contributed by atoms with Gasteiger partial charge in [0.25, 0.3) is 0 Å². The fraction of sp³-hybridized carbons (Fsp3) is 0.200. The molecule has 4 rings (SSSR count). The number of rotatable bonds is 4. The van der Waals surface area contributed by atoms with Gasteiger partial charge in [-0.3, -0.25) is 0 Å². The maximum Gasteiger partial charge on any atom is 0.143 e. The lowest BCUT2D eigenvalue weighted by Gasteiger charge is -2.32. The Kier molecular flexibility index (Phi) is 3.76. The number of hydrogen-bond donors (Lipinski definition) is 3. The normalized spacial score (nSPS) is 19.4. The minimum Gasteiger partial charge on any atom is -0.507 e. The summed E-state index contributed by atoms with van der Waals surface area (Å²) in [5, 5.41) is 14.6. The summed E-state index contributed by atoms with van der Waals surface area (Å²) in [6, 6.07) is 9.25. The number of benzene rings is 1. The average molecular weight is 332 g/mol. The zero-order valence-electron chi connectivity index (χ0n) is 14.0. The van der Waals surface area contributed by atoms with Crippen LogP contribution in [0.5, 0.6) is 5.75 Å². The first-order valence-electron chi connectivity index (χ1n) is 8.45. The van der Waals surface area contributed by atoms with Gasteiger partial charge in [-0.15, -0.1) is 0 Å². The zero-order chi connectivity index (χ0) is 17.3. The average Bonchev–Trinajstić information content (AvgIpc) is 3.08. The minimum absolute atomic E-state index is 0.137. The van der Waals surface area contributed by atoms with Crippen molar-refractivity contribution in [1.82, 2.24) is 15.0 Å². The van der Waals surface area contributed by atoms with E-state index in [0.29, 0.717) is 0 Å². The van der Waals surface area contributed by atoms with Gasteiger partial charge < -0.3 is 15.4 Å². The third-order valence-electron chi connectivity index (χ3n) is 4.76. The predicted octanol–water partition coefficient (Wildman–Crippen LogP) is 4.41. The van der Waals surface area contributed by atoms with Crippen LogP contribution in [0, 0.1) is 0 Å². The number of phenols is 1. The van der Waals surface area contributed by atoms with E-state index < -0.39 is 0 Å². The molecule has 25 heavy (non-hydrogen) atoms. The standard InChI is InChI=1S/C20H20N4O/c1-2-20(10-6-3-7-11-20)24-19-15-12-16(23-18(15)21-13-22-19)14-8-4-5-9-17(14)25/h3-10,12-13,25H,2,11H2,1H3,(H2,21,22,23,24)/t20-/m0/s1. The number of aromatic nitrogens is 3. The molecule has 0 saturated heterocycles. The van der Waals surface area contributed by atoms with E-state index in [1.165, 1.54) is 0 Å². The lowest BCUT2D eigenvalue weighted by Crippen LogP contribution is -2.36. The first kappa shape index (κ1) is 15.4. The van der Waals surface area contributed by atoms with Gasteiger partial charge in [0.15, 0.2) is 0 Å². The molecule has 0 unspecified atom stereocenters. The molecular formula is C20H20N4O. The molecule has 1 atom stereocenters. The molecule has 1 aromatic carbocycles. The zero-order valence-corrected chi connectivity index (χ0v) is 14.0. The number of aromatic amines is 1. The quantitative estimate of drug-likeness (QED) is 0.662. The lowest BCUT2D eigenvalue weighted by atomic mass is 9.88. The number of aromatic hydroxyl groups is 1. The first-order chi connectivity index (χ1) is 12.2. The van der Waals surface area contributed by atoms with Crippen molar-refractivity contribution in [2.45, 2.75) is 25.3 Å².